The van der Waals surface area contributed by atoms with E-state index < -0.39 is 5.60 Å². The van der Waals surface area contributed by atoms with Crippen LogP contribution in [0.2, 0.25) is 0 Å². The van der Waals surface area contributed by atoms with Crippen molar-refractivity contribution in [1.82, 2.24) is 19.8 Å². The van der Waals surface area contributed by atoms with Gasteiger partial charge in [-0.15, -0.1) is 15.3 Å². The highest BCUT2D eigenvalue weighted by molar-refractivity contribution is 5.44. The Kier molecular flexibility index (Phi) is 3.37. The first-order valence-corrected chi connectivity index (χ1v) is 7.10. The zero-order chi connectivity index (χ0) is 15.9. The van der Waals surface area contributed by atoms with Gasteiger partial charge in [0.05, 0.1) is 0 Å². The van der Waals surface area contributed by atoms with Crippen molar-refractivity contribution in [2.75, 3.05) is 11.9 Å². The number of rotatable bonds is 4. The molecule has 0 bridgehead atoms. The van der Waals surface area contributed by atoms with Crippen LogP contribution in [-0.4, -0.2) is 31.5 Å². The summed E-state index contributed by atoms with van der Waals surface area (Å²) in [6, 6.07) is 5.50. The third kappa shape index (κ3) is 2.55. The smallest absolute Gasteiger partial charge is 0.178 e. The van der Waals surface area contributed by atoms with Crippen LogP contribution in [0.4, 0.5) is 5.82 Å². The van der Waals surface area contributed by atoms with Gasteiger partial charge in [0.25, 0.3) is 0 Å². The van der Waals surface area contributed by atoms with Crippen molar-refractivity contribution in [2.24, 2.45) is 0 Å². The number of hydrogen-bond donors (Lipinski definition) is 2. The van der Waals surface area contributed by atoms with Crippen LogP contribution in [0, 0.1) is 20.8 Å². The molecular weight excluding hydrogens is 282 g/mol. The predicted octanol–water partition coefficient (Wildman–Crippen LogP) is 1.96. The van der Waals surface area contributed by atoms with Crippen LogP contribution >= 0.6 is 0 Å². The average Bonchev–Trinajstić information content (AvgIpc) is 3.00. The minimum Gasteiger partial charge on any atom is -0.466 e. The summed E-state index contributed by atoms with van der Waals surface area (Å²) in [5, 5.41) is 26.2. The first-order chi connectivity index (χ1) is 10.4. The Morgan fingerprint density at radius 1 is 1.27 bits per heavy atom. The second-order valence-corrected chi connectivity index (χ2v) is 5.69. The van der Waals surface area contributed by atoms with Gasteiger partial charge in [-0.05, 0) is 45.9 Å². The summed E-state index contributed by atoms with van der Waals surface area (Å²) in [5.74, 6) is 2.87. The predicted molar refractivity (Wildman–Crippen MR) is 81.8 cm³/mol. The van der Waals surface area contributed by atoms with Crippen molar-refractivity contribution in [2.45, 2.75) is 33.3 Å². The largest absolute Gasteiger partial charge is 0.466 e. The molecule has 0 spiro atoms. The molecule has 0 saturated carbocycles. The lowest BCUT2D eigenvalue weighted by Crippen LogP contribution is -2.31. The van der Waals surface area contributed by atoms with E-state index in [1.165, 1.54) is 0 Å². The second-order valence-electron chi connectivity index (χ2n) is 5.69. The third-order valence-electron chi connectivity index (χ3n) is 3.65. The third-order valence-corrected chi connectivity index (χ3v) is 3.65. The van der Waals surface area contributed by atoms with Gasteiger partial charge in [0.15, 0.2) is 11.5 Å². The van der Waals surface area contributed by atoms with E-state index in [2.05, 4.69) is 20.6 Å². The lowest BCUT2D eigenvalue weighted by Gasteiger charge is -2.23. The molecular formula is C15H19N5O2. The lowest BCUT2D eigenvalue weighted by molar-refractivity contribution is 0.0698. The van der Waals surface area contributed by atoms with Crippen LogP contribution in [0.25, 0.3) is 5.65 Å². The number of hydrogen-bond acceptors (Lipinski definition) is 6. The molecule has 0 amide bonds. The summed E-state index contributed by atoms with van der Waals surface area (Å²) in [5.41, 5.74) is 0.413. The van der Waals surface area contributed by atoms with Gasteiger partial charge < -0.3 is 14.8 Å². The zero-order valence-corrected chi connectivity index (χ0v) is 13.1. The number of furan rings is 1. The maximum Gasteiger partial charge on any atom is 0.178 e. The molecule has 116 valence electrons. The Hall–Kier alpha value is -2.41. The number of nitrogens with zero attached hydrogens (tertiary/aromatic N) is 4. The second kappa shape index (κ2) is 5.10. The van der Waals surface area contributed by atoms with Crippen molar-refractivity contribution in [1.29, 1.82) is 0 Å². The van der Waals surface area contributed by atoms with Crippen LogP contribution in [0.15, 0.2) is 22.6 Å². The Morgan fingerprint density at radius 3 is 2.73 bits per heavy atom. The molecule has 7 nitrogen and oxygen atoms in total. The van der Waals surface area contributed by atoms with Crippen molar-refractivity contribution in [3.05, 3.63) is 41.1 Å². The fourth-order valence-electron chi connectivity index (χ4n) is 2.51. The fourth-order valence-corrected chi connectivity index (χ4v) is 2.51. The molecule has 3 rings (SSSR count). The van der Waals surface area contributed by atoms with Gasteiger partial charge in [-0.3, -0.25) is 0 Å². The molecule has 0 aliphatic carbocycles. The van der Waals surface area contributed by atoms with Crippen molar-refractivity contribution in [3.8, 4) is 0 Å². The van der Waals surface area contributed by atoms with Crippen LogP contribution in [0.3, 0.4) is 0 Å². The maximum absolute atomic E-state index is 10.7. The van der Waals surface area contributed by atoms with Crippen LogP contribution in [0.5, 0.6) is 0 Å². The number of aromatic nitrogens is 4. The number of aryl methyl sites for hydroxylation is 3. The topological polar surface area (TPSA) is 88.5 Å². The monoisotopic (exact) mass is 301 g/mol. The first kappa shape index (κ1) is 14.5. The quantitative estimate of drug-likeness (QED) is 0.766. The molecule has 0 radical (unpaired) electrons. The molecule has 1 atom stereocenters. The molecule has 3 aromatic heterocycles. The van der Waals surface area contributed by atoms with Gasteiger partial charge in [0.1, 0.15) is 22.9 Å². The molecule has 0 aliphatic heterocycles. The molecule has 0 saturated heterocycles. The van der Waals surface area contributed by atoms with Gasteiger partial charge in [0.2, 0.25) is 0 Å². The van der Waals surface area contributed by atoms with Gasteiger partial charge in [-0.2, -0.15) is 4.52 Å². The molecule has 3 heterocycles. The Labute approximate surface area is 128 Å². The molecule has 22 heavy (non-hydrogen) atoms. The van der Waals surface area contributed by atoms with Crippen molar-refractivity contribution < 1.29 is 9.52 Å². The van der Waals surface area contributed by atoms with E-state index in [1.54, 1.807) is 11.4 Å². The standard InChI is InChI=1S/C15H19N5O2/c1-9-7-12(10(2)22-9)15(4,21)8-16-13-5-6-14-18-17-11(3)20(14)19-13/h5-7,21H,8H2,1-4H3,(H,16,19)/t15-/m0/s1. The van der Waals surface area contributed by atoms with E-state index in [0.29, 0.717) is 23.8 Å². The highest BCUT2D eigenvalue weighted by Gasteiger charge is 2.27. The van der Waals surface area contributed by atoms with Crippen molar-refractivity contribution in [3.63, 3.8) is 0 Å². The van der Waals surface area contributed by atoms with E-state index in [-0.39, 0.29) is 0 Å². The van der Waals surface area contributed by atoms with Crippen LogP contribution in [0.1, 0.15) is 29.8 Å². The lowest BCUT2D eigenvalue weighted by atomic mass is 9.96. The highest BCUT2D eigenvalue weighted by atomic mass is 16.3. The van der Waals surface area contributed by atoms with E-state index >= 15 is 0 Å². The summed E-state index contributed by atoms with van der Waals surface area (Å²) < 4.78 is 7.15. The SMILES string of the molecule is Cc1cc([C@@](C)(O)CNc2ccc3nnc(C)n3n2)c(C)o1. The van der Waals surface area contributed by atoms with Gasteiger partial charge >= 0.3 is 0 Å². The minimum absolute atomic E-state index is 0.312. The molecule has 0 aliphatic rings. The minimum atomic E-state index is -1.05. The van der Waals surface area contributed by atoms with Gasteiger partial charge in [-0.25, -0.2) is 0 Å². The fraction of sp³-hybridized carbons (Fsp3) is 0.400. The Bertz CT molecular complexity index is 819. The van der Waals surface area contributed by atoms with E-state index in [0.717, 1.165) is 17.1 Å². The van der Waals surface area contributed by atoms with Crippen LogP contribution in [-0.2, 0) is 5.60 Å². The Balaban J connectivity index is 1.80. The molecule has 0 unspecified atom stereocenters. The molecule has 7 heteroatoms. The first-order valence-electron chi connectivity index (χ1n) is 7.10. The van der Waals surface area contributed by atoms with E-state index in [1.807, 2.05) is 39.0 Å². The van der Waals surface area contributed by atoms with E-state index in [4.69, 9.17) is 4.42 Å². The normalized spacial score (nSPS) is 14.2. The summed E-state index contributed by atoms with van der Waals surface area (Å²) in [4.78, 5) is 0. The number of aliphatic hydroxyl groups is 1. The summed E-state index contributed by atoms with van der Waals surface area (Å²) in [6.45, 7) is 7.61. The summed E-state index contributed by atoms with van der Waals surface area (Å²) in [7, 11) is 0. The molecule has 3 aromatic rings. The number of anilines is 1. The number of fused-ring (bicyclic) bond motifs is 1. The summed E-state index contributed by atoms with van der Waals surface area (Å²) in [6.07, 6.45) is 0. The highest BCUT2D eigenvalue weighted by Crippen LogP contribution is 2.27. The molecule has 0 fully saturated rings. The maximum atomic E-state index is 10.7. The van der Waals surface area contributed by atoms with Crippen molar-refractivity contribution >= 4 is 11.5 Å². The zero-order valence-electron chi connectivity index (χ0n) is 13.1. The van der Waals surface area contributed by atoms with Gasteiger partial charge in [-0.1, -0.05) is 0 Å². The number of nitrogens with one attached hydrogen (secondary N) is 1. The molecule has 0 aromatic carbocycles. The summed E-state index contributed by atoms with van der Waals surface area (Å²) >= 11 is 0. The van der Waals surface area contributed by atoms with Crippen LogP contribution < -0.4 is 5.32 Å². The van der Waals surface area contributed by atoms with Gasteiger partial charge in [0, 0.05) is 12.1 Å². The Morgan fingerprint density at radius 2 is 2.05 bits per heavy atom. The average molecular weight is 301 g/mol. The van der Waals surface area contributed by atoms with E-state index in [9.17, 15) is 5.11 Å². The molecule has 2 N–H and O–H groups in total.